The third kappa shape index (κ3) is 5.62. The van der Waals surface area contributed by atoms with Crippen LogP contribution in [0.15, 0.2) is 0 Å². The van der Waals surface area contributed by atoms with E-state index in [2.05, 4.69) is 24.5 Å². The molecular formula is C15H31NO2S. The van der Waals surface area contributed by atoms with E-state index >= 15 is 0 Å². The van der Waals surface area contributed by atoms with E-state index in [0.29, 0.717) is 11.5 Å². The summed E-state index contributed by atoms with van der Waals surface area (Å²) in [5, 5.41) is 0. The Morgan fingerprint density at radius 2 is 1.84 bits per heavy atom. The molecule has 0 aliphatic heterocycles. The Morgan fingerprint density at radius 3 is 2.37 bits per heavy atom. The van der Waals surface area contributed by atoms with Crippen molar-refractivity contribution >= 4 is 12.6 Å². The van der Waals surface area contributed by atoms with Gasteiger partial charge in [0.2, 0.25) is 0 Å². The van der Waals surface area contributed by atoms with Crippen molar-refractivity contribution in [2.45, 2.75) is 45.1 Å². The molecule has 1 rings (SSSR count). The Balaban J connectivity index is 2.61. The van der Waals surface area contributed by atoms with Crippen molar-refractivity contribution < 1.29 is 9.47 Å². The third-order valence-corrected chi connectivity index (χ3v) is 5.07. The van der Waals surface area contributed by atoms with Crippen LogP contribution in [-0.4, -0.2) is 57.2 Å². The highest BCUT2D eigenvalue weighted by Gasteiger charge is 2.33. The predicted molar refractivity (Wildman–Crippen MR) is 84.2 cm³/mol. The van der Waals surface area contributed by atoms with Gasteiger partial charge in [-0.3, -0.25) is 4.90 Å². The van der Waals surface area contributed by atoms with Gasteiger partial charge in [-0.1, -0.05) is 19.3 Å². The molecule has 114 valence electrons. The molecule has 0 spiro atoms. The fourth-order valence-corrected chi connectivity index (χ4v) is 3.53. The molecule has 0 saturated heterocycles. The lowest BCUT2D eigenvalue weighted by molar-refractivity contribution is 0.0378. The van der Waals surface area contributed by atoms with Crippen molar-refractivity contribution in [2.24, 2.45) is 5.41 Å². The maximum absolute atomic E-state index is 5.32. The van der Waals surface area contributed by atoms with Gasteiger partial charge in [0.15, 0.2) is 0 Å². The summed E-state index contributed by atoms with van der Waals surface area (Å²) in [6, 6.07) is 0.443. The van der Waals surface area contributed by atoms with Gasteiger partial charge in [-0.15, -0.1) is 0 Å². The molecule has 1 atom stereocenters. The second kappa shape index (κ2) is 9.22. The molecule has 0 bridgehead atoms. The van der Waals surface area contributed by atoms with Gasteiger partial charge in [-0.25, -0.2) is 0 Å². The lowest BCUT2D eigenvalue weighted by Crippen LogP contribution is -2.47. The maximum Gasteiger partial charge on any atom is 0.0615 e. The van der Waals surface area contributed by atoms with Crippen LogP contribution in [0, 0.1) is 5.41 Å². The second-order valence-electron chi connectivity index (χ2n) is 5.99. The summed E-state index contributed by atoms with van der Waals surface area (Å²) in [7, 11) is 3.55. The number of hydrogen-bond donors (Lipinski definition) is 1. The zero-order chi connectivity index (χ0) is 14.1. The van der Waals surface area contributed by atoms with Gasteiger partial charge in [0.1, 0.15) is 0 Å². The molecule has 3 nitrogen and oxygen atoms in total. The molecule has 0 aromatic rings. The molecule has 0 N–H and O–H groups in total. The lowest BCUT2D eigenvalue weighted by Gasteiger charge is -2.42. The average molecular weight is 289 g/mol. The molecule has 1 saturated carbocycles. The molecular weight excluding hydrogens is 258 g/mol. The molecule has 0 heterocycles. The fourth-order valence-electron chi connectivity index (χ4n) is 3.11. The van der Waals surface area contributed by atoms with E-state index in [1.165, 1.54) is 32.1 Å². The molecule has 19 heavy (non-hydrogen) atoms. The Bertz CT molecular complexity index is 232. The van der Waals surface area contributed by atoms with Gasteiger partial charge in [-0.05, 0) is 30.9 Å². The monoisotopic (exact) mass is 289 g/mol. The largest absolute Gasteiger partial charge is 0.383 e. The van der Waals surface area contributed by atoms with E-state index in [1.807, 2.05) is 0 Å². The summed E-state index contributed by atoms with van der Waals surface area (Å²) in [4.78, 5) is 2.52. The summed E-state index contributed by atoms with van der Waals surface area (Å²) < 4.78 is 10.6. The smallest absolute Gasteiger partial charge is 0.0615 e. The van der Waals surface area contributed by atoms with Gasteiger partial charge >= 0.3 is 0 Å². The Morgan fingerprint density at radius 1 is 1.16 bits per heavy atom. The summed E-state index contributed by atoms with van der Waals surface area (Å²) >= 11 is 4.65. The van der Waals surface area contributed by atoms with Crippen molar-refractivity contribution in [3.05, 3.63) is 0 Å². The molecule has 4 heteroatoms. The van der Waals surface area contributed by atoms with Gasteiger partial charge in [-0.2, -0.15) is 12.6 Å². The minimum Gasteiger partial charge on any atom is -0.383 e. The molecule has 0 aromatic carbocycles. The highest BCUT2D eigenvalue weighted by molar-refractivity contribution is 7.80. The number of ether oxygens (including phenoxy) is 2. The van der Waals surface area contributed by atoms with Gasteiger partial charge in [0.25, 0.3) is 0 Å². The first-order chi connectivity index (χ1) is 9.17. The number of hydrogen-bond acceptors (Lipinski definition) is 4. The first-order valence-corrected chi connectivity index (χ1v) is 8.13. The van der Waals surface area contributed by atoms with E-state index < -0.39 is 0 Å². The zero-order valence-corrected chi connectivity index (χ0v) is 13.8. The topological polar surface area (TPSA) is 21.7 Å². The van der Waals surface area contributed by atoms with Crippen LogP contribution < -0.4 is 0 Å². The van der Waals surface area contributed by atoms with Crippen molar-refractivity contribution in [2.75, 3.05) is 46.3 Å². The Hall–Kier alpha value is 0.230. The van der Waals surface area contributed by atoms with Crippen LogP contribution in [0.1, 0.15) is 39.0 Å². The molecule has 1 fully saturated rings. The number of rotatable bonds is 9. The van der Waals surface area contributed by atoms with E-state index in [9.17, 15) is 0 Å². The maximum atomic E-state index is 5.32. The molecule has 1 aliphatic carbocycles. The van der Waals surface area contributed by atoms with Crippen LogP contribution in [0.25, 0.3) is 0 Å². The van der Waals surface area contributed by atoms with Crippen LogP contribution in [-0.2, 0) is 9.47 Å². The van der Waals surface area contributed by atoms with Crippen LogP contribution in [0.3, 0.4) is 0 Å². The van der Waals surface area contributed by atoms with Crippen LogP contribution >= 0.6 is 12.6 Å². The van der Waals surface area contributed by atoms with Crippen LogP contribution in [0.2, 0.25) is 0 Å². The van der Waals surface area contributed by atoms with E-state index in [4.69, 9.17) is 9.47 Å². The Labute approximate surface area is 124 Å². The van der Waals surface area contributed by atoms with Crippen molar-refractivity contribution in [3.63, 3.8) is 0 Å². The number of nitrogens with zero attached hydrogens (tertiary/aromatic N) is 1. The zero-order valence-electron chi connectivity index (χ0n) is 12.9. The van der Waals surface area contributed by atoms with Crippen molar-refractivity contribution in [3.8, 4) is 0 Å². The Kier molecular flexibility index (Phi) is 8.38. The van der Waals surface area contributed by atoms with Gasteiger partial charge < -0.3 is 9.47 Å². The lowest BCUT2D eigenvalue weighted by atomic mass is 9.75. The minimum absolute atomic E-state index is 0.400. The highest BCUT2D eigenvalue weighted by Crippen LogP contribution is 2.38. The second-order valence-corrected chi connectivity index (χ2v) is 6.30. The summed E-state index contributed by atoms with van der Waals surface area (Å²) in [6.07, 6.45) is 6.75. The van der Waals surface area contributed by atoms with E-state index in [-0.39, 0.29) is 0 Å². The minimum atomic E-state index is 0.400. The normalized spacial score (nSPS) is 20.7. The quantitative estimate of drug-likeness (QED) is 0.660. The molecule has 0 aromatic heterocycles. The molecule has 1 aliphatic rings. The van der Waals surface area contributed by atoms with E-state index in [1.54, 1.807) is 14.2 Å². The summed E-state index contributed by atoms with van der Waals surface area (Å²) in [6.45, 7) is 5.93. The van der Waals surface area contributed by atoms with Gasteiger partial charge in [0.05, 0.1) is 13.2 Å². The molecule has 1 unspecified atom stereocenters. The summed E-state index contributed by atoms with van der Waals surface area (Å²) in [5.41, 5.74) is 0.400. The van der Waals surface area contributed by atoms with E-state index in [0.717, 1.165) is 32.1 Å². The predicted octanol–water partition coefficient (Wildman–Crippen LogP) is 2.85. The molecule has 0 amide bonds. The standard InChI is InChI=1S/C15H31NO2S/c1-14(11-18-3)16(9-10-17-2)12-15(13-19)7-5-4-6-8-15/h14,19H,4-13H2,1-3H3. The van der Waals surface area contributed by atoms with Crippen LogP contribution in [0.5, 0.6) is 0 Å². The van der Waals surface area contributed by atoms with Crippen molar-refractivity contribution in [1.82, 2.24) is 4.90 Å². The van der Waals surface area contributed by atoms with Gasteiger partial charge in [0, 0.05) is 33.4 Å². The fraction of sp³-hybridized carbons (Fsp3) is 1.00. The first kappa shape index (κ1) is 17.3. The van der Waals surface area contributed by atoms with Crippen LogP contribution in [0.4, 0.5) is 0 Å². The highest BCUT2D eigenvalue weighted by atomic mass is 32.1. The number of methoxy groups -OCH3 is 2. The summed E-state index contributed by atoms with van der Waals surface area (Å²) in [5.74, 6) is 0.996. The SMILES string of the molecule is COCCN(CC1(CS)CCCCC1)C(C)COC. The molecule has 0 radical (unpaired) electrons. The third-order valence-electron chi connectivity index (χ3n) is 4.40. The number of thiol groups is 1. The average Bonchev–Trinajstić information content (AvgIpc) is 2.44. The first-order valence-electron chi connectivity index (χ1n) is 7.50. The van der Waals surface area contributed by atoms with Crippen molar-refractivity contribution in [1.29, 1.82) is 0 Å².